The molecule has 0 radical (unpaired) electrons. The Morgan fingerprint density at radius 1 is 0.396 bits per heavy atom. The van der Waals surface area contributed by atoms with Crippen LogP contribution < -0.4 is 4.90 Å². The van der Waals surface area contributed by atoms with Gasteiger partial charge in [-0.15, -0.1) is 11.3 Å². The molecule has 0 N–H and O–H groups in total. The third kappa shape index (κ3) is 3.50. The molecule has 0 saturated heterocycles. The molecule has 0 unspecified atom stereocenters. The number of nitrogens with zero attached hydrogens (tertiary/aromatic N) is 3. The Labute approximate surface area is 305 Å². The number of para-hydroxylation sites is 3. The monoisotopic (exact) mass is 693 g/mol. The van der Waals surface area contributed by atoms with Crippen LogP contribution in [-0.2, 0) is 0 Å². The van der Waals surface area contributed by atoms with Crippen molar-refractivity contribution in [1.82, 2.24) is 8.80 Å². The quantitative estimate of drug-likeness (QED) is 0.172. The number of aromatic nitrogens is 2. The number of hydrogen-bond donors (Lipinski definition) is 0. The van der Waals surface area contributed by atoms with E-state index in [0.29, 0.717) is 0 Å². The lowest BCUT2D eigenvalue weighted by Gasteiger charge is -2.28. The maximum Gasteiger partial charge on any atom is 0.137 e. The van der Waals surface area contributed by atoms with E-state index in [1.165, 1.54) is 69.3 Å². The molecule has 53 heavy (non-hydrogen) atoms. The van der Waals surface area contributed by atoms with E-state index in [1.54, 1.807) is 0 Å². The van der Waals surface area contributed by atoms with E-state index in [9.17, 15) is 0 Å². The van der Waals surface area contributed by atoms with Gasteiger partial charge in [-0.05, 0) is 66.7 Å². The zero-order valence-corrected chi connectivity index (χ0v) is 29.1. The normalized spacial score (nSPS) is 12.5. The standard InChI is InChI=1S/C48H27N3OS/c1-5-15-35-29(11-1)31-24-25-32-30-12-2-6-16-36(30)51-40-27-28(23-26-37(40)50(35)47(31)48(32)51)49(38-17-9-20-42-45(38)33-13-3-7-19-41(33)52-42)39-18-10-22-44-46(39)34-14-4-8-21-43(34)53-44/h1-27H. The molecule has 0 aliphatic heterocycles. The Morgan fingerprint density at radius 3 is 1.75 bits per heavy atom. The second kappa shape index (κ2) is 9.94. The van der Waals surface area contributed by atoms with Gasteiger partial charge in [-0.2, -0.15) is 0 Å². The van der Waals surface area contributed by atoms with Crippen molar-refractivity contribution in [3.63, 3.8) is 0 Å². The van der Waals surface area contributed by atoms with Crippen molar-refractivity contribution in [2.45, 2.75) is 0 Å². The number of furan rings is 1. The Balaban J connectivity index is 1.23. The molecule has 0 fully saturated rings. The number of rotatable bonds is 3. The lowest BCUT2D eigenvalue weighted by atomic mass is 10.0. The molecule has 0 spiro atoms. The highest BCUT2D eigenvalue weighted by molar-refractivity contribution is 7.26. The highest BCUT2D eigenvalue weighted by atomic mass is 32.1. The molecule has 0 saturated carbocycles. The first kappa shape index (κ1) is 27.8. The van der Waals surface area contributed by atoms with Crippen molar-refractivity contribution < 1.29 is 4.42 Å². The second-order valence-electron chi connectivity index (χ2n) is 14.1. The van der Waals surface area contributed by atoms with Gasteiger partial charge in [0.1, 0.15) is 11.2 Å². The van der Waals surface area contributed by atoms with Crippen LogP contribution in [0.4, 0.5) is 17.1 Å². The van der Waals surface area contributed by atoms with Gasteiger partial charge < -0.3 is 18.1 Å². The summed E-state index contributed by atoms with van der Waals surface area (Å²) < 4.78 is 14.1. The van der Waals surface area contributed by atoms with E-state index < -0.39 is 0 Å². The van der Waals surface area contributed by atoms with E-state index in [2.05, 4.69) is 171 Å². The molecule has 0 aliphatic rings. The minimum Gasteiger partial charge on any atom is -0.456 e. The Morgan fingerprint density at radius 2 is 0.981 bits per heavy atom. The van der Waals surface area contributed by atoms with E-state index in [4.69, 9.17) is 4.42 Å². The van der Waals surface area contributed by atoms with E-state index in [1.807, 2.05) is 17.4 Å². The molecule has 0 bridgehead atoms. The molecule has 0 amide bonds. The van der Waals surface area contributed by atoms with Gasteiger partial charge in [0.15, 0.2) is 0 Å². The molecule has 13 aromatic rings. The molecule has 4 nitrogen and oxygen atoms in total. The number of fused-ring (bicyclic) bond motifs is 15. The summed E-state index contributed by atoms with van der Waals surface area (Å²) in [4.78, 5) is 2.47. The maximum atomic E-state index is 6.50. The topological polar surface area (TPSA) is 25.2 Å². The molecule has 246 valence electrons. The zero-order chi connectivity index (χ0) is 34.4. The third-order valence-corrected chi connectivity index (χ3v) is 12.5. The lowest BCUT2D eigenvalue weighted by molar-refractivity contribution is 0.669. The van der Waals surface area contributed by atoms with Crippen molar-refractivity contribution in [3.8, 4) is 0 Å². The van der Waals surface area contributed by atoms with Crippen molar-refractivity contribution >= 4 is 125 Å². The maximum absolute atomic E-state index is 6.50. The molecule has 13 rings (SSSR count). The van der Waals surface area contributed by atoms with Crippen molar-refractivity contribution in [2.24, 2.45) is 0 Å². The van der Waals surface area contributed by atoms with Crippen molar-refractivity contribution in [2.75, 3.05) is 4.90 Å². The average Bonchev–Trinajstić information content (AvgIpc) is 3.96. The van der Waals surface area contributed by atoms with Gasteiger partial charge in [0, 0.05) is 52.8 Å². The minimum absolute atomic E-state index is 0.877. The summed E-state index contributed by atoms with van der Waals surface area (Å²) in [6.45, 7) is 0. The molecule has 8 aromatic carbocycles. The highest BCUT2D eigenvalue weighted by Crippen LogP contribution is 2.49. The van der Waals surface area contributed by atoms with Gasteiger partial charge in [-0.3, -0.25) is 0 Å². The predicted molar refractivity (Wildman–Crippen MR) is 224 cm³/mol. The van der Waals surface area contributed by atoms with Gasteiger partial charge in [0.25, 0.3) is 0 Å². The van der Waals surface area contributed by atoms with Crippen LogP contribution in [0, 0.1) is 0 Å². The van der Waals surface area contributed by atoms with Crippen LogP contribution in [0.15, 0.2) is 168 Å². The fourth-order valence-corrected chi connectivity index (χ4v) is 10.4. The molecular formula is C48H27N3OS. The molecule has 5 aromatic heterocycles. The van der Waals surface area contributed by atoms with E-state index in [0.717, 1.165) is 44.5 Å². The summed E-state index contributed by atoms with van der Waals surface area (Å²) in [5, 5.41) is 9.83. The first-order valence-corrected chi connectivity index (χ1v) is 18.8. The predicted octanol–water partition coefficient (Wildman–Crippen LogP) is 14.0. The number of hydrogen-bond acceptors (Lipinski definition) is 3. The van der Waals surface area contributed by atoms with Crippen LogP contribution in [0.5, 0.6) is 0 Å². The largest absolute Gasteiger partial charge is 0.456 e. The Bertz CT molecular complexity index is 3540. The van der Waals surface area contributed by atoms with Crippen LogP contribution in [0.3, 0.4) is 0 Å². The fraction of sp³-hybridized carbons (Fsp3) is 0. The van der Waals surface area contributed by atoms with Gasteiger partial charge in [0.2, 0.25) is 0 Å². The van der Waals surface area contributed by atoms with Crippen LogP contribution in [0.1, 0.15) is 0 Å². The molecule has 5 heteroatoms. The van der Waals surface area contributed by atoms with Gasteiger partial charge in [-0.25, -0.2) is 0 Å². The molecule has 0 atom stereocenters. The van der Waals surface area contributed by atoms with Crippen LogP contribution in [-0.4, -0.2) is 8.80 Å². The van der Waals surface area contributed by atoms with Gasteiger partial charge >= 0.3 is 0 Å². The summed E-state index contributed by atoms with van der Waals surface area (Å²) in [6.07, 6.45) is 0. The smallest absolute Gasteiger partial charge is 0.137 e. The molecular weight excluding hydrogens is 667 g/mol. The summed E-state index contributed by atoms with van der Waals surface area (Å²) in [6, 6.07) is 59.8. The zero-order valence-electron chi connectivity index (χ0n) is 28.2. The van der Waals surface area contributed by atoms with Gasteiger partial charge in [0.05, 0.1) is 49.9 Å². The second-order valence-corrected chi connectivity index (χ2v) is 15.2. The fourth-order valence-electron chi connectivity index (χ4n) is 9.31. The van der Waals surface area contributed by atoms with Crippen LogP contribution in [0.25, 0.3) is 96.8 Å². The van der Waals surface area contributed by atoms with E-state index in [-0.39, 0.29) is 0 Å². The number of benzene rings is 8. The van der Waals surface area contributed by atoms with Crippen LogP contribution in [0.2, 0.25) is 0 Å². The summed E-state index contributed by atoms with van der Waals surface area (Å²) >= 11 is 1.85. The SMILES string of the molecule is c1ccc2c(c1)oc1cccc(N(c3ccc4c(c3)n3c5ccccc5c5ccc6c7ccccc7n4c6c53)c3cccc4sc5ccccc5c34)c12. The lowest BCUT2D eigenvalue weighted by Crippen LogP contribution is -2.11. The summed E-state index contributed by atoms with van der Waals surface area (Å²) in [7, 11) is 0. The van der Waals surface area contributed by atoms with Crippen LogP contribution >= 0.6 is 11.3 Å². The summed E-state index contributed by atoms with van der Waals surface area (Å²) in [5.74, 6) is 0. The Kier molecular flexibility index (Phi) is 5.22. The van der Waals surface area contributed by atoms with Gasteiger partial charge in [-0.1, -0.05) is 97.1 Å². The number of anilines is 3. The highest BCUT2D eigenvalue weighted by Gasteiger charge is 2.25. The van der Waals surface area contributed by atoms with Crippen molar-refractivity contribution in [1.29, 1.82) is 0 Å². The summed E-state index contributed by atoms with van der Waals surface area (Å²) in [5.41, 5.74) is 12.4. The minimum atomic E-state index is 0.877. The van der Waals surface area contributed by atoms with Crippen molar-refractivity contribution in [3.05, 3.63) is 164 Å². The molecule has 5 heterocycles. The van der Waals surface area contributed by atoms with E-state index >= 15 is 0 Å². The molecule has 0 aliphatic carbocycles. The third-order valence-electron chi connectivity index (χ3n) is 11.4. The average molecular weight is 694 g/mol. The Hall–Kier alpha value is -6.82. The first-order valence-electron chi connectivity index (χ1n) is 18.0. The first-order chi connectivity index (χ1) is 26.3. The number of thiophene rings is 1.